The molecule has 0 radical (unpaired) electrons. The van der Waals surface area contributed by atoms with E-state index in [0.717, 1.165) is 27.4 Å². The third-order valence-electron chi connectivity index (χ3n) is 3.79. The molecule has 0 fully saturated rings. The van der Waals surface area contributed by atoms with Crippen molar-refractivity contribution in [3.8, 4) is 0 Å². The van der Waals surface area contributed by atoms with Crippen LogP contribution >= 0.6 is 11.9 Å². The van der Waals surface area contributed by atoms with Gasteiger partial charge in [0.2, 0.25) is 5.91 Å². The lowest BCUT2D eigenvalue weighted by atomic mass is 9.97. The zero-order valence-electron chi connectivity index (χ0n) is 11.1. The summed E-state index contributed by atoms with van der Waals surface area (Å²) in [5.41, 5.74) is 9.18. The molecule has 0 bridgehead atoms. The van der Waals surface area contributed by atoms with Crippen LogP contribution in [0.25, 0.3) is 11.6 Å². The first kappa shape index (κ1) is 12.3. The Morgan fingerprint density at radius 3 is 3.05 bits per heavy atom. The number of rotatable bonds is 1. The lowest BCUT2D eigenvalue weighted by Crippen LogP contribution is -2.29. The quantitative estimate of drug-likeness (QED) is 0.676. The Morgan fingerprint density at radius 1 is 1.29 bits per heavy atom. The highest BCUT2D eigenvalue weighted by molar-refractivity contribution is 8.01. The van der Waals surface area contributed by atoms with Gasteiger partial charge in [-0.3, -0.25) is 4.79 Å². The minimum Gasteiger partial charge on any atom is -0.366 e. The van der Waals surface area contributed by atoms with Crippen molar-refractivity contribution in [3.05, 3.63) is 58.6 Å². The van der Waals surface area contributed by atoms with Crippen LogP contribution in [0.1, 0.15) is 0 Å². The summed E-state index contributed by atoms with van der Waals surface area (Å²) in [6.45, 7) is 0. The molecule has 0 saturated carbocycles. The van der Waals surface area contributed by atoms with Crippen LogP contribution in [0.4, 0.5) is 11.4 Å². The summed E-state index contributed by atoms with van der Waals surface area (Å²) in [5.74, 6) is -0.394. The molecule has 1 amide bonds. The molecule has 1 unspecified atom stereocenters. The van der Waals surface area contributed by atoms with E-state index in [1.807, 2.05) is 24.4 Å². The van der Waals surface area contributed by atoms with Crippen molar-refractivity contribution in [2.75, 3.05) is 10.0 Å². The van der Waals surface area contributed by atoms with Crippen molar-refractivity contribution in [1.29, 1.82) is 0 Å². The highest BCUT2D eigenvalue weighted by Gasteiger charge is 2.24. The van der Waals surface area contributed by atoms with Gasteiger partial charge in [0.05, 0.1) is 16.6 Å². The van der Waals surface area contributed by atoms with Crippen LogP contribution in [-0.4, -0.2) is 11.2 Å². The van der Waals surface area contributed by atoms with Crippen molar-refractivity contribution >= 4 is 40.9 Å². The molecule has 2 aliphatic heterocycles. The highest BCUT2D eigenvalue weighted by Crippen LogP contribution is 2.33. The second-order valence-corrected chi connectivity index (χ2v) is 5.99. The number of hydrogen-bond donors (Lipinski definition) is 3. The molecule has 4 nitrogen and oxygen atoms in total. The molecule has 0 saturated heterocycles. The zero-order chi connectivity index (χ0) is 14.4. The molecule has 1 aromatic rings. The molecular weight excluding hydrogens is 282 g/mol. The van der Waals surface area contributed by atoms with E-state index in [1.54, 1.807) is 18.0 Å². The predicted molar refractivity (Wildman–Crippen MR) is 87.7 cm³/mol. The zero-order valence-corrected chi connectivity index (χ0v) is 11.9. The van der Waals surface area contributed by atoms with Crippen LogP contribution in [0.3, 0.4) is 0 Å². The first-order valence-electron chi connectivity index (χ1n) is 6.66. The molecule has 0 aromatic heterocycles. The molecule has 104 valence electrons. The number of nitrogens with two attached hydrogens (primary N) is 1. The van der Waals surface area contributed by atoms with Crippen molar-refractivity contribution < 1.29 is 4.79 Å². The number of hydrogen-bond acceptors (Lipinski definition) is 4. The first-order valence-corrected chi connectivity index (χ1v) is 7.54. The summed E-state index contributed by atoms with van der Waals surface area (Å²) < 4.78 is 3.42. The minimum absolute atomic E-state index is 0.196. The largest absolute Gasteiger partial charge is 0.366 e. The fourth-order valence-electron chi connectivity index (χ4n) is 2.74. The number of fused-ring (bicyclic) bond motifs is 4. The van der Waals surface area contributed by atoms with Gasteiger partial charge in [0, 0.05) is 22.2 Å². The van der Waals surface area contributed by atoms with E-state index in [9.17, 15) is 4.79 Å². The lowest BCUT2D eigenvalue weighted by molar-refractivity contribution is -0.114. The number of allylic oxidation sites excluding steroid dienone is 2. The SMILES string of the molecule is NC(=O)C1=CC2=c3ccc4c(c3NSC2C=C1)NC=CC=4. The summed E-state index contributed by atoms with van der Waals surface area (Å²) in [5, 5.41) is 5.74. The van der Waals surface area contributed by atoms with Crippen LogP contribution < -0.4 is 26.2 Å². The molecule has 2 heterocycles. The molecule has 1 aliphatic carbocycles. The van der Waals surface area contributed by atoms with E-state index in [2.05, 4.69) is 28.2 Å². The topological polar surface area (TPSA) is 67.2 Å². The second kappa shape index (κ2) is 4.56. The van der Waals surface area contributed by atoms with Crippen LogP contribution in [-0.2, 0) is 4.79 Å². The molecule has 5 heteroatoms. The third-order valence-corrected chi connectivity index (χ3v) is 4.78. The van der Waals surface area contributed by atoms with Gasteiger partial charge in [0.15, 0.2) is 0 Å². The maximum atomic E-state index is 11.4. The summed E-state index contributed by atoms with van der Waals surface area (Å²) in [4.78, 5) is 11.4. The van der Waals surface area contributed by atoms with Gasteiger partial charge in [0.25, 0.3) is 0 Å². The molecule has 0 spiro atoms. The van der Waals surface area contributed by atoms with E-state index < -0.39 is 5.91 Å². The summed E-state index contributed by atoms with van der Waals surface area (Å²) >= 11 is 1.63. The average molecular weight is 295 g/mol. The molecular formula is C16H13N3OS. The first-order chi connectivity index (χ1) is 10.2. The number of anilines is 2. The van der Waals surface area contributed by atoms with Crippen molar-refractivity contribution in [2.45, 2.75) is 5.25 Å². The summed E-state index contributed by atoms with van der Waals surface area (Å²) in [7, 11) is 0. The molecule has 3 aliphatic rings. The third kappa shape index (κ3) is 1.89. The van der Waals surface area contributed by atoms with E-state index in [4.69, 9.17) is 5.73 Å². The van der Waals surface area contributed by atoms with Gasteiger partial charge in [-0.15, -0.1) is 0 Å². The molecule has 1 atom stereocenters. The van der Waals surface area contributed by atoms with Gasteiger partial charge in [-0.2, -0.15) is 0 Å². The summed E-state index contributed by atoms with van der Waals surface area (Å²) in [6.07, 6.45) is 11.7. The number of amides is 1. The van der Waals surface area contributed by atoms with Gasteiger partial charge >= 0.3 is 0 Å². The lowest BCUT2D eigenvalue weighted by Gasteiger charge is -2.27. The van der Waals surface area contributed by atoms with Crippen molar-refractivity contribution in [2.24, 2.45) is 5.73 Å². The molecule has 4 rings (SSSR count). The average Bonchev–Trinajstić information content (AvgIpc) is 2.53. The van der Waals surface area contributed by atoms with Gasteiger partial charge < -0.3 is 15.8 Å². The standard InChI is InChI=1S/C16H13N3OS/c17-16(20)10-4-6-13-12(8-10)11-5-3-9-2-1-7-18-14(9)15(11)19-21-13/h1-8,13,18-19H,(H2,17,20). The van der Waals surface area contributed by atoms with Crippen molar-refractivity contribution in [1.82, 2.24) is 0 Å². The summed E-state index contributed by atoms with van der Waals surface area (Å²) in [6, 6.07) is 4.18. The number of benzene rings is 1. The van der Waals surface area contributed by atoms with Crippen molar-refractivity contribution in [3.63, 3.8) is 0 Å². The Hall–Kier alpha value is -2.40. The van der Waals surface area contributed by atoms with Gasteiger partial charge in [-0.1, -0.05) is 30.4 Å². The fourth-order valence-corrected chi connectivity index (χ4v) is 3.68. The number of carbonyl (C=O) groups is 1. The van der Waals surface area contributed by atoms with E-state index in [1.165, 1.54) is 0 Å². The van der Waals surface area contributed by atoms with E-state index >= 15 is 0 Å². The highest BCUT2D eigenvalue weighted by atomic mass is 32.2. The maximum absolute atomic E-state index is 11.4. The Morgan fingerprint density at radius 2 is 2.19 bits per heavy atom. The molecule has 21 heavy (non-hydrogen) atoms. The predicted octanol–water partition coefficient (Wildman–Crippen LogP) is 0.981. The van der Waals surface area contributed by atoms with Crippen LogP contribution in [0.2, 0.25) is 0 Å². The van der Waals surface area contributed by atoms with Gasteiger partial charge in [-0.05, 0) is 29.7 Å². The monoisotopic (exact) mass is 295 g/mol. The van der Waals surface area contributed by atoms with Crippen LogP contribution in [0.15, 0.2) is 48.2 Å². The smallest absolute Gasteiger partial charge is 0.248 e. The Labute approximate surface area is 125 Å². The minimum atomic E-state index is -0.394. The van der Waals surface area contributed by atoms with E-state index in [-0.39, 0.29) is 5.25 Å². The van der Waals surface area contributed by atoms with Crippen LogP contribution in [0, 0.1) is 0 Å². The fraction of sp³-hybridized carbons (Fsp3) is 0.0625. The van der Waals surface area contributed by atoms with Gasteiger partial charge in [-0.25, -0.2) is 0 Å². The second-order valence-electron chi connectivity index (χ2n) is 5.04. The van der Waals surface area contributed by atoms with E-state index in [0.29, 0.717) is 5.57 Å². The van der Waals surface area contributed by atoms with Crippen LogP contribution in [0.5, 0.6) is 0 Å². The number of nitrogens with one attached hydrogen (secondary N) is 2. The number of primary amides is 1. The molecule has 1 aromatic carbocycles. The maximum Gasteiger partial charge on any atom is 0.248 e. The Bertz CT molecular complexity index is 864. The Kier molecular flexibility index (Phi) is 2.68. The molecule has 4 N–H and O–H groups in total. The van der Waals surface area contributed by atoms with Gasteiger partial charge in [0.1, 0.15) is 0 Å². The normalized spacial score (nSPS) is 21.0. The number of carbonyl (C=O) groups excluding carboxylic acids is 1. The Balaban J connectivity index is 2.01.